The van der Waals surface area contributed by atoms with Crippen molar-refractivity contribution in [1.29, 1.82) is 0 Å². The summed E-state index contributed by atoms with van der Waals surface area (Å²) < 4.78 is 0. The van der Waals surface area contributed by atoms with Crippen molar-refractivity contribution in [2.75, 3.05) is 37.6 Å². The predicted molar refractivity (Wildman–Crippen MR) is 84.4 cm³/mol. The summed E-state index contributed by atoms with van der Waals surface area (Å²) in [4.78, 5) is 5.18. The Bertz CT molecular complexity index is 475. The molecule has 0 bridgehead atoms. The smallest absolute Gasteiger partial charge is 0.0366 e. The highest BCUT2D eigenvalue weighted by Gasteiger charge is 2.60. The van der Waals surface area contributed by atoms with Crippen LogP contribution in [-0.2, 0) is 5.41 Å². The molecule has 1 aromatic rings. The Kier molecular flexibility index (Phi) is 3.03. The summed E-state index contributed by atoms with van der Waals surface area (Å²) in [6.07, 6.45) is 5.55. The van der Waals surface area contributed by atoms with Crippen LogP contribution in [0.25, 0.3) is 0 Å². The molecule has 20 heavy (non-hydrogen) atoms. The van der Waals surface area contributed by atoms with E-state index in [-0.39, 0.29) is 0 Å². The van der Waals surface area contributed by atoms with Gasteiger partial charge in [0.05, 0.1) is 0 Å². The molecule has 0 amide bonds. The van der Waals surface area contributed by atoms with Crippen molar-refractivity contribution < 1.29 is 0 Å². The summed E-state index contributed by atoms with van der Waals surface area (Å²) in [6.45, 7) is 8.61. The molecule has 4 rings (SSSR count). The minimum Gasteiger partial charge on any atom is -0.372 e. The molecular formula is C18H26N2. The van der Waals surface area contributed by atoms with E-state index in [0.717, 1.165) is 5.92 Å². The highest BCUT2D eigenvalue weighted by Crippen LogP contribution is 2.58. The van der Waals surface area contributed by atoms with Crippen molar-refractivity contribution in [2.24, 2.45) is 5.92 Å². The zero-order valence-corrected chi connectivity index (χ0v) is 12.6. The first-order valence-electron chi connectivity index (χ1n) is 8.40. The van der Waals surface area contributed by atoms with E-state index in [2.05, 4.69) is 41.0 Å². The lowest BCUT2D eigenvalue weighted by Crippen LogP contribution is -2.29. The van der Waals surface area contributed by atoms with Crippen LogP contribution in [0.1, 0.15) is 38.2 Å². The minimum absolute atomic E-state index is 0.524. The molecule has 0 N–H and O–H groups in total. The molecule has 3 aliphatic rings. The Morgan fingerprint density at radius 1 is 1.10 bits per heavy atom. The number of hydrogen-bond acceptors (Lipinski definition) is 2. The number of likely N-dealkylation sites (tertiary alicyclic amines) is 1. The van der Waals surface area contributed by atoms with Crippen LogP contribution < -0.4 is 4.90 Å². The van der Waals surface area contributed by atoms with Crippen LogP contribution in [0.15, 0.2) is 24.3 Å². The van der Waals surface area contributed by atoms with Gasteiger partial charge in [-0.3, -0.25) is 0 Å². The summed E-state index contributed by atoms with van der Waals surface area (Å²) in [5.41, 5.74) is 3.56. The number of nitrogens with zero attached hydrogens (tertiary/aromatic N) is 2. The summed E-state index contributed by atoms with van der Waals surface area (Å²) in [7, 11) is 0. The van der Waals surface area contributed by atoms with E-state index in [1.165, 1.54) is 64.1 Å². The standard InChI is InChI=1S/C18H26N2/c1-2-19-13-16-12-18(16,14-19)15-6-8-17(9-7-15)20-10-4-3-5-11-20/h6-9,16H,2-5,10-14H2,1H3. The summed E-state index contributed by atoms with van der Waals surface area (Å²) in [5, 5.41) is 0. The Balaban J connectivity index is 1.51. The largest absolute Gasteiger partial charge is 0.372 e. The van der Waals surface area contributed by atoms with Crippen molar-refractivity contribution in [2.45, 2.75) is 38.0 Å². The van der Waals surface area contributed by atoms with Crippen LogP contribution in [0.5, 0.6) is 0 Å². The molecule has 1 saturated carbocycles. The van der Waals surface area contributed by atoms with E-state index in [9.17, 15) is 0 Å². The maximum Gasteiger partial charge on any atom is 0.0366 e. The van der Waals surface area contributed by atoms with Gasteiger partial charge in [-0.05, 0) is 55.8 Å². The molecule has 2 saturated heterocycles. The lowest BCUT2D eigenvalue weighted by atomic mass is 9.94. The highest BCUT2D eigenvalue weighted by atomic mass is 15.2. The zero-order valence-electron chi connectivity index (χ0n) is 12.6. The molecule has 2 heteroatoms. The van der Waals surface area contributed by atoms with Gasteiger partial charge in [0.1, 0.15) is 0 Å². The van der Waals surface area contributed by atoms with E-state index in [1.54, 1.807) is 5.56 Å². The predicted octanol–water partition coefficient (Wildman–Crippen LogP) is 3.27. The van der Waals surface area contributed by atoms with Crippen molar-refractivity contribution in [3.63, 3.8) is 0 Å². The van der Waals surface area contributed by atoms with Gasteiger partial charge < -0.3 is 9.80 Å². The molecule has 2 nitrogen and oxygen atoms in total. The van der Waals surface area contributed by atoms with Crippen LogP contribution in [0.3, 0.4) is 0 Å². The van der Waals surface area contributed by atoms with Crippen LogP contribution in [0, 0.1) is 5.92 Å². The average Bonchev–Trinajstić information content (AvgIpc) is 3.10. The van der Waals surface area contributed by atoms with E-state index in [1.807, 2.05) is 0 Å². The number of likely N-dealkylation sites (N-methyl/N-ethyl adjacent to an activating group) is 1. The average molecular weight is 270 g/mol. The number of fused-ring (bicyclic) bond motifs is 1. The number of rotatable bonds is 3. The normalized spacial score (nSPS) is 33.2. The van der Waals surface area contributed by atoms with Gasteiger partial charge in [-0.1, -0.05) is 19.1 Å². The lowest BCUT2D eigenvalue weighted by molar-refractivity contribution is 0.314. The van der Waals surface area contributed by atoms with E-state index < -0.39 is 0 Å². The zero-order chi connectivity index (χ0) is 13.6. The van der Waals surface area contributed by atoms with Gasteiger partial charge >= 0.3 is 0 Å². The fraction of sp³-hybridized carbons (Fsp3) is 0.667. The molecule has 108 valence electrons. The van der Waals surface area contributed by atoms with Crippen molar-refractivity contribution in [3.8, 4) is 0 Å². The third-order valence-corrected chi connectivity index (χ3v) is 5.83. The first-order valence-corrected chi connectivity index (χ1v) is 8.40. The first kappa shape index (κ1) is 12.7. The molecule has 1 aliphatic carbocycles. The van der Waals surface area contributed by atoms with Gasteiger partial charge in [0.2, 0.25) is 0 Å². The van der Waals surface area contributed by atoms with Crippen LogP contribution in [-0.4, -0.2) is 37.6 Å². The minimum atomic E-state index is 0.524. The lowest BCUT2D eigenvalue weighted by Gasteiger charge is -2.29. The monoisotopic (exact) mass is 270 g/mol. The third kappa shape index (κ3) is 1.96. The Labute approximate surface area is 122 Å². The molecule has 3 fully saturated rings. The van der Waals surface area contributed by atoms with Crippen LogP contribution in [0.4, 0.5) is 5.69 Å². The SMILES string of the molecule is CCN1CC2CC2(c2ccc(N3CCCCC3)cc2)C1. The maximum absolute atomic E-state index is 2.62. The van der Waals surface area contributed by atoms with Gasteiger partial charge in [0.25, 0.3) is 0 Å². The van der Waals surface area contributed by atoms with E-state index >= 15 is 0 Å². The van der Waals surface area contributed by atoms with Gasteiger partial charge in [0.15, 0.2) is 0 Å². The second kappa shape index (κ2) is 4.77. The molecule has 2 atom stereocenters. The van der Waals surface area contributed by atoms with Gasteiger partial charge in [-0.25, -0.2) is 0 Å². The molecule has 0 radical (unpaired) electrons. The fourth-order valence-electron chi connectivity index (χ4n) is 4.43. The number of benzene rings is 1. The summed E-state index contributed by atoms with van der Waals surface area (Å²) in [5.74, 6) is 0.934. The quantitative estimate of drug-likeness (QED) is 0.832. The fourth-order valence-corrected chi connectivity index (χ4v) is 4.43. The van der Waals surface area contributed by atoms with Crippen molar-refractivity contribution in [1.82, 2.24) is 4.90 Å². The van der Waals surface area contributed by atoms with Gasteiger partial charge in [-0.15, -0.1) is 0 Å². The molecule has 0 aromatic heterocycles. The van der Waals surface area contributed by atoms with E-state index in [4.69, 9.17) is 0 Å². The van der Waals surface area contributed by atoms with Crippen LogP contribution >= 0.6 is 0 Å². The molecule has 2 aliphatic heterocycles. The van der Waals surface area contributed by atoms with Crippen LogP contribution in [0.2, 0.25) is 0 Å². The summed E-state index contributed by atoms with van der Waals surface area (Å²) >= 11 is 0. The second-order valence-corrected chi connectivity index (χ2v) is 6.98. The number of anilines is 1. The van der Waals surface area contributed by atoms with Gasteiger partial charge in [-0.2, -0.15) is 0 Å². The number of hydrogen-bond donors (Lipinski definition) is 0. The Hall–Kier alpha value is -1.02. The molecule has 0 spiro atoms. The molecular weight excluding hydrogens is 244 g/mol. The molecule has 2 unspecified atom stereocenters. The number of piperidine rings is 2. The van der Waals surface area contributed by atoms with Gasteiger partial charge in [0, 0.05) is 37.3 Å². The van der Waals surface area contributed by atoms with E-state index in [0.29, 0.717) is 5.41 Å². The molecule has 1 aromatic carbocycles. The Morgan fingerprint density at radius 2 is 1.85 bits per heavy atom. The highest BCUT2D eigenvalue weighted by molar-refractivity contribution is 5.50. The second-order valence-electron chi connectivity index (χ2n) is 6.98. The topological polar surface area (TPSA) is 6.48 Å². The maximum atomic E-state index is 2.62. The van der Waals surface area contributed by atoms with Crippen molar-refractivity contribution >= 4 is 5.69 Å². The first-order chi connectivity index (χ1) is 9.82. The third-order valence-electron chi connectivity index (χ3n) is 5.83. The summed E-state index contributed by atoms with van der Waals surface area (Å²) in [6, 6.07) is 9.59. The molecule has 2 heterocycles. The van der Waals surface area contributed by atoms with Crippen molar-refractivity contribution in [3.05, 3.63) is 29.8 Å². The Morgan fingerprint density at radius 3 is 2.50 bits per heavy atom.